The Labute approximate surface area is 56.1 Å². The van der Waals surface area contributed by atoms with Gasteiger partial charge in [0.15, 0.2) is 0 Å². The molecular formula is C7H15NO. The first kappa shape index (κ1) is 7.03. The van der Waals surface area contributed by atoms with Crippen LogP contribution in [-0.4, -0.2) is 16.7 Å². The van der Waals surface area contributed by atoms with Gasteiger partial charge in [0.05, 0.1) is 5.60 Å². The van der Waals surface area contributed by atoms with Crippen LogP contribution >= 0.6 is 0 Å². The van der Waals surface area contributed by atoms with Gasteiger partial charge in [0.25, 0.3) is 0 Å². The Bertz CT molecular complexity index is 91.6. The minimum atomic E-state index is -0.381. The van der Waals surface area contributed by atoms with E-state index in [4.69, 9.17) is 5.73 Å². The Morgan fingerprint density at radius 1 is 1.67 bits per heavy atom. The number of rotatable bonds is 2. The molecule has 0 unspecified atom stereocenters. The van der Waals surface area contributed by atoms with E-state index in [9.17, 15) is 5.11 Å². The first-order valence-electron chi connectivity index (χ1n) is 3.64. The van der Waals surface area contributed by atoms with Crippen LogP contribution in [0.3, 0.4) is 0 Å². The fourth-order valence-electron chi connectivity index (χ4n) is 1.59. The normalized spacial score (nSPS) is 42.3. The predicted molar refractivity (Wildman–Crippen MR) is 37.1 cm³/mol. The minimum absolute atomic E-state index is 0.265. The van der Waals surface area contributed by atoms with Gasteiger partial charge in [-0.25, -0.2) is 0 Å². The summed E-state index contributed by atoms with van der Waals surface area (Å²) in [6.07, 6.45) is 3.59. The molecule has 1 aliphatic rings. The topological polar surface area (TPSA) is 46.2 Å². The van der Waals surface area contributed by atoms with E-state index in [1.165, 1.54) is 0 Å². The van der Waals surface area contributed by atoms with Crippen LogP contribution in [0.25, 0.3) is 0 Å². The molecule has 1 saturated carbocycles. The third-order valence-electron chi connectivity index (χ3n) is 2.00. The summed E-state index contributed by atoms with van der Waals surface area (Å²) in [5.41, 5.74) is 5.14. The molecule has 0 aromatic heterocycles. The van der Waals surface area contributed by atoms with Crippen molar-refractivity contribution >= 4 is 0 Å². The molecule has 0 aliphatic heterocycles. The summed E-state index contributed by atoms with van der Waals surface area (Å²) >= 11 is 0. The van der Waals surface area contributed by atoms with Crippen LogP contribution in [0.5, 0.6) is 0 Å². The molecule has 0 heterocycles. The highest BCUT2D eigenvalue weighted by Gasteiger charge is 2.39. The second-order valence-corrected chi connectivity index (χ2v) is 3.14. The van der Waals surface area contributed by atoms with Crippen LogP contribution < -0.4 is 5.73 Å². The van der Waals surface area contributed by atoms with E-state index >= 15 is 0 Å². The summed E-state index contributed by atoms with van der Waals surface area (Å²) in [6.45, 7) is 2.09. The van der Waals surface area contributed by atoms with E-state index in [1.807, 2.05) is 0 Å². The lowest BCUT2D eigenvalue weighted by Crippen LogP contribution is -2.51. The van der Waals surface area contributed by atoms with Gasteiger partial charge in [0.2, 0.25) is 0 Å². The van der Waals surface area contributed by atoms with E-state index in [2.05, 4.69) is 6.92 Å². The second-order valence-electron chi connectivity index (χ2n) is 3.14. The fraction of sp³-hybridized carbons (Fsp3) is 1.00. The van der Waals surface area contributed by atoms with Gasteiger partial charge in [-0.1, -0.05) is 13.3 Å². The van der Waals surface area contributed by atoms with Crippen molar-refractivity contribution in [1.29, 1.82) is 0 Å². The zero-order valence-electron chi connectivity index (χ0n) is 5.93. The molecular weight excluding hydrogens is 114 g/mol. The highest BCUT2D eigenvalue weighted by atomic mass is 16.3. The maximum atomic E-state index is 9.50. The van der Waals surface area contributed by atoms with Crippen molar-refractivity contribution in [2.45, 2.75) is 44.2 Å². The lowest BCUT2D eigenvalue weighted by Gasteiger charge is -2.41. The van der Waals surface area contributed by atoms with E-state index in [1.54, 1.807) is 0 Å². The molecule has 0 spiro atoms. The minimum Gasteiger partial charge on any atom is -0.390 e. The molecule has 3 N–H and O–H groups in total. The molecule has 0 bridgehead atoms. The molecule has 0 atom stereocenters. The highest BCUT2D eigenvalue weighted by molar-refractivity contribution is 4.95. The van der Waals surface area contributed by atoms with Crippen molar-refractivity contribution < 1.29 is 5.11 Å². The molecule has 0 amide bonds. The third kappa shape index (κ3) is 1.43. The van der Waals surface area contributed by atoms with Crippen molar-refractivity contribution in [3.63, 3.8) is 0 Å². The van der Waals surface area contributed by atoms with E-state index in [0.29, 0.717) is 0 Å². The van der Waals surface area contributed by atoms with Crippen LogP contribution in [0.4, 0.5) is 0 Å². The van der Waals surface area contributed by atoms with Crippen LogP contribution in [0.1, 0.15) is 32.6 Å². The lowest BCUT2D eigenvalue weighted by atomic mass is 9.74. The average molecular weight is 129 g/mol. The van der Waals surface area contributed by atoms with Gasteiger partial charge in [0, 0.05) is 6.04 Å². The lowest BCUT2D eigenvalue weighted by molar-refractivity contribution is -0.0533. The Morgan fingerprint density at radius 2 is 2.22 bits per heavy atom. The molecule has 2 nitrogen and oxygen atoms in total. The summed E-state index contributed by atoms with van der Waals surface area (Å²) in [7, 11) is 0. The molecule has 1 fully saturated rings. The van der Waals surface area contributed by atoms with Crippen LogP contribution in [0.2, 0.25) is 0 Å². The molecule has 1 rings (SSSR count). The summed E-state index contributed by atoms with van der Waals surface area (Å²) in [5, 5.41) is 9.50. The smallest absolute Gasteiger partial charge is 0.0677 e. The molecule has 1 aliphatic carbocycles. The summed E-state index contributed by atoms with van der Waals surface area (Å²) < 4.78 is 0. The van der Waals surface area contributed by atoms with Crippen molar-refractivity contribution in [2.24, 2.45) is 5.73 Å². The monoisotopic (exact) mass is 129 g/mol. The summed E-state index contributed by atoms with van der Waals surface area (Å²) in [6, 6.07) is 0.265. The summed E-state index contributed by atoms with van der Waals surface area (Å²) in [4.78, 5) is 0. The highest BCUT2D eigenvalue weighted by Crippen LogP contribution is 2.34. The molecule has 0 saturated heterocycles. The van der Waals surface area contributed by atoms with E-state index in [0.717, 1.165) is 25.7 Å². The second kappa shape index (κ2) is 2.27. The van der Waals surface area contributed by atoms with Crippen molar-refractivity contribution in [3.8, 4) is 0 Å². The SMILES string of the molecule is CCCC1(O)CC(N)C1. The van der Waals surface area contributed by atoms with Crippen molar-refractivity contribution in [1.82, 2.24) is 0 Å². The van der Waals surface area contributed by atoms with Gasteiger partial charge in [-0.2, -0.15) is 0 Å². The zero-order valence-corrected chi connectivity index (χ0v) is 5.93. The number of nitrogens with two attached hydrogens (primary N) is 1. The van der Waals surface area contributed by atoms with E-state index < -0.39 is 0 Å². The molecule has 9 heavy (non-hydrogen) atoms. The Balaban J connectivity index is 2.23. The van der Waals surface area contributed by atoms with Gasteiger partial charge in [0.1, 0.15) is 0 Å². The first-order valence-corrected chi connectivity index (χ1v) is 3.64. The quantitative estimate of drug-likeness (QED) is 0.574. The van der Waals surface area contributed by atoms with Crippen LogP contribution in [-0.2, 0) is 0 Å². The molecule has 0 aromatic rings. The van der Waals surface area contributed by atoms with Crippen LogP contribution in [0.15, 0.2) is 0 Å². The van der Waals surface area contributed by atoms with Gasteiger partial charge in [-0.05, 0) is 19.3 Å². The summed E-state index contributed by atoms with van der Waals surface area (Å²) in [5.74, 6) is 0. The first-order chi connectivity index (χ1) is 4.16. The van der Waals surface area contributed by atoms with Gasteiger partial charge in [-0.15, -0.1) is 0 Å². The van der Waals surface area contributed by atoms with Gasteiger partial charge >= 0.3 is 0 Å². The van der Waals surface area contributed by atoms with Gasteiger partial charge < -0.3 is 10.8 Å². The maximum absolute atomic E-state index is 9.50. The third-order valence-corrected chi connectivity index (χ3v) is 2.00. The van der Waals surface area contributed by atoms with Gasteiger partial charge in [-0.3, -0.25) is 0 Å². The predicted octanol–water partition coefficient (Wildman–Crippen LogP) is 0.639. The van der Waals surface area contributed by atoms with E-state index in [-0.39, 0.29) is 11.6 Å². The van der Waals surface area contributed by atoms with Crippen molar-refractivity contribution in [2.75, 3.05) is 0 Å². The Kier molecular flexibility index (Phi) is 1.78. The maximum Gasteiger partial charge on any atom is 0.0677 e. The Morgan fingerprint density at radius 3 is 2.56 bits per heavy atom. The molecule has 0 aromatic carbocycles. The molecule has 2 heteroatoms. The van der Waals surface area contributed by atoms with Crippen molar-refractivity contribution in [3.05, 3.63) is 0 Å². The Hall–Kier alpha value is -0.0800. The number of hydrogen-bond acceptors (Lipinski definition) is 2. The largest absolute Gasteiger partial charge is 0.390 e. The zero-order chi connectivity index (χ0) is 6.91. The standard InChI is InChI=1S/C7H15NO/c1-2-3-7(9)4-6(8)5-7/h6,9H,2-5,8H2,1H3. The average Bonchev–Trinajstić information content (AvgIpc) is 1.62. The number of aliphatic hydroxyl groups is 1. The fourth-order valence-corrected chi connectivity index (χ4v) is 1.59. The number of hydrogen-bond donors (Lipinski definition) is 2. The molecule has 0 radical (unpaired) electrons. The van der Waals surface area contributed by atoms with Crippen LogP contribution in [0, 0.1) is 0 Å². The molecule has 54 valence electrons.